The van der Waals surface area contributed by atoms with Crippen LogP contribution in [0.1, 0.15) is 5.56 Å². The molecular formula is C22H21N3O4S. The van der Waals surface area contributed by atoms with Crippen LogP contribution in [-0.4, -0.2) is 36.3 Å². The second kappa shape index (κ2) is 8.54. The molecule has 1 N–H and O–H groups in total. The Bertz CT molecular complexity index is 1150. The van der Waals surface area contributed by atoms with E-state index in [-0.39, 0.29) is 0 Å². The molecule has 0 saturated carbocycles. The van der Waals surface area contributed by atoms with E-state index in [1.165, 1.54) is 0 Å². The van der Waals surface area contributed by atoms with Gasteiger partial charge in [0.05, 0.1) is 32.4 Å². The number of rotatable bonds is 7. The number of nitrogens with zero attached hydrogens (tertiary/aromatic N) is 2. The molecule has 8 heteroatoms. The van der Waals surface area contributed by atoms with Gasteiger partial charge in [0.15, 0.2) is 11.5 Å². The van der Waals surface area contributed by atoms with Gasteiger partial charge in [0.25, 0.3) is 6.01 Å². The van der Waals surface area contributed by atoms with Crippen LogP contribution in [0.25, 0.3) is 11.0 Å². The lowest BCUT2D eigenvalue weighted by atomic mass is 10.2. The van der Waals surface area contributed by atoms with Gasteiger partial charge in [0, 0.05) is 34.3 Å². The summed E-state index contributed by atoms with van der Waals surface area (Å²) in [6.45, 7) is 2.05. The van der Waals surface area contributed by atoms with E-state index in [4.69, 9.17) is 18.9 Å². The van der Waals surface area contributed by atoms with E-state index >= 15 is 0 Å². The van der Waals surface area contributed by atoms with E-state index in [9.17, 15) is 0 Å². The summed E-state index contributed by atoms with van der Waals surface area (Å²) in [5.74, 6) is 2.04. The van der Waals surface area contributed by atoms with Gasteiger partial charge in [-0.1, -0.05) is 11.8 Å². The average molecular weight is 423 g/mol. The van der Waals surface area contributed by atoms with E-state index in [1.54, 1.807) is 57.6 Å². The number of ether oxygens (including phenoxy) is 4. The van der Waals surface area contributed by atoms with Gasteiger partial charge in [-0.3, -0.25) is 4.98 Å². The molecule has 4 rings (SSSR count). The topological polar surface area (TPSA) is 78.5 Å². The van der Waals surface area contributed by atoms with Crippen molar-refractivity contribution in [3.63, 3.8) is 0 Å². The molecule has 2 aromatic heterocycles. The van der Waals surface area contributed by atoms with Crippen molar-refractivity contribution in [1.29, 1.82) is 0 Å². The zero-order chi connectivity index (χ0) is 21.1. The second-order valence-electron chi connectivity index (χ2n) is 6.37. The fraction of sp³-hybridized carbons (Fsp3) is 0.182. The first-order valence-electron chi connectivity index (χ1n) is 9.18. The van der Waals surface area contributed by atoms with E-state index in [0.29, 0.717) is 29.0 Å². The summed E-state index contributed by atoms with van der Waals surface area (Å²) in [5.41, 5.74) is 2.83. The first-order chi connectivity index (χ1) is 14.6. The van der Waals surface area contributed by atoms with Gasteiger partial charge in [-0.15, -0.1) is 0 Å². The van der Waals surface area contributed by atoms with Crippen molar-refractivity contribution in [2.45, 2.75) is 16.7 Å². The summed E-state index contributed by atoms with van der Waals surface area (Å²) in [7, 11) is 4.69. The van der Waals surface area contributed by atoms with Gasteiger partial charge < -0.3 is 23.9 Å². The number of methoxy groups -OCH3 is 3. The lowest BCUT2D eigenvalue weighted by Crippen LogP contribution is -1.96. The molecule has 2 heterocycles. The van der Waals surface area contributed by atoms with Gasteiger partial charge >= 0.3 is 0 Å². The van der Waals surface area contributed by atoms with Crippen LogP contribution in [0.4, 0.5) is 0 Å². The molecule has 0 fully saturated rings. The first kappa shape index (κ1) is 19.9. The number of hydrogen-bond acceptors (Lipinski definition) is 7. The monoisotopic (exact) mass is 423 g/mol. The molecule has 0 radical (unpaired) electrons. The quantitative estimate of drug-likeness (QED) is 0.436. The van der Waals surface area contributed by atoms with Crippen molar-refractivity contribution in [3.05, 3.63) is 54.4 Å². The highest BCUT2D eigenvalue weighted by Gasteiger charge is 2.16. The molecule has 0 atom stereocenters. The third-order valence-corrected chi connectivity index (χ3v) is 5.74. The molecule has 0 unspecified atom stereocenters. The zero-order valence-corrected chi connectivity index (χ0v) is 17.9. The van der Waals surface area contributed by atoms with E-state index in [2.05, 4.69) is 27.9 Å². The summed E-state index contributed by atoms with van der Waals surface area (Å²) in [4.78, 5) is 14.2. The number of hydrogen-bond donors (Lipinski definition) is 1. The first-order valence-corrected chi connectivity index (χ1v) is 9.99. The van der Waals surface area contributed by atoms with Gasteiger partial charge in [-0.2, -0.15) is 4.98 Å². The highest BCUT2D eigenvalue weighted by atomic mass is 32.2. The minimum Gasteiger partial charge on any atom is -0.493 e. The largest absolute Gasteiger partial charge is 0.493 e. The number of imidazole rings is 1. The van der Waals surface area contributed by atoms with Crippen molar-refractivity contribution >= 4 is 22.8 Å². The standard InChI is InChI=1S/C22H21N3O4S/c1-13-19(30-15-7-9-23-10-8-15)6-5-16-20(13)25-22(24-16)29-14-11-17(26-2)21(28-4)18(12-14)27-3/h5-12H,1-4H3,(H,24,25). The van der Waals surface area contributed by atoms with Crippen molar-refractivity contribution in [2.75, 3.05) is 21.3 Å². The Hall–Kier alpha value is -3.39. The Morgan fingerprint density at radius 2 is 1.60 bits per heavy atom. The van der Waals surface area contributed by atoms with Crippen molar-refractivity contribution in [2.24, 2.45) is 0 Å². The predicted octanol–water partition coefficient (Wildman–Crippen LogP) is 5.24. The molecule has 0 aliphatic carbocycles. The Labute approximate surface area is 178 Å². The van der Waals surface area contributed by atoms with Crippen LogP contribution >= 0.6 is 11.8 Å². The molecule has 0 aliphatic rings. The van der Waals surface area contributed by atoms with Crippen LogP contribution in [0.2, 0.25) is 0 Å². The van der Waals surface area contributed by atoms with Gasteiger partial charge in [0.1, 0.15) is 5.75 Å². The van der Waals surface area contributed by atoms with Crippen molar-refractivity contribution in [3.8, 4) is 29.0 Å². The number of aryl methyl sites for hydroxylation is 1. The van der Waals surface area contributed by atoms with E-state index < -0.39 is 0 Å². The number of nitrogens with one attached hydrogen (secondary N) is 1. The Morgan fingerprint density at radius 3 is 2.23 bits per heavy atom. The van der Waals surface area contributed by atoms with Crippen molar-refractivity contribution in [1.82, 2.24) is 15.0 Å². The second-order valence-corrected chi connectivity index (χ2v) is 7.49. The maximum atomic E-state index is 5.96. The maximum absolute atomic E-state index is 5.96. The summed E-state index contributed by atoms with van der Waals surface area (Å²) < 4.78 is 22.1. The third-order valence-electron chi connectivity index (χ3n) is 4.57. The number of pyridine rings is 1. The molecule has 0 amide bonds. The van der Waals surface area contributed by atoms with Gasteiger partial charge in [-0.25, -0.2) is 0 Å². The number of H-pyrrole nitrogens is 1. The zero-order valence-electron chi connectivity index (χ0n) is 17.1. The fourth-order valence-corrected chi connectivity index (χ4v) is 3.99. The van der Waals surface area contributed by atoms with Crippen molar-refractivity contribution < 1.29 is 18.9 Å². The van der Waals surface area contributed by atoms with Crippen LogP contribution in [0.15, 0.2) is 58.6 Å². The summed E-state index contributed by atoms with van der Waals surface area (Å²) in [5, 5.41) is 0. The van der Waals surface area contributed by atoms with E-state index in [1.807, 2.05) is 18.2 Å². The number of benzene rings is 2. The normalized spacial score (nSPS) is 10.8. The highest BCUT2D eigenvalue weighted by molar-refractivity contribution is 7.99. The van der Waals surface area contributed by atoms with E-state index in [0.717, 1.165) is 26.4 Å². The minimum absolute atomic E-state index is 0.383. The molecule has 0 aliphatic heterocycles. The SMILES string of the molecule is COc1cc(Oc2nc3c(C)c(Sc4ccncc4)ccc3[nH]2)cc(OC)c1OC. The molecular weight excluding hydrogens is 402 g/mol. The van der Waals surface area contributed by atoms with Crippen LogP contribution in [0, 0.1) is 6.92 Å². The Morgan fingerprint density at radius 1 is 0.900 bits per heavy atom. The molecule has 0 saturated heterocycles. The molecule has 2 aromatic carbocycles. The Kier molecular flexibility index (Phi) is 5.67. The molecule has 4 aromatic rings. The van der Waals surface area contributed by atoms with Crippen LogP contribution in [-0.2, 0) is 0 Å². The number of aromatic amines is 1. The predicted molar refractivity (Wildman–Crippen MR) is 115 cm³/mol. The Balaban J connectivity index is 1.65. The molecule has 154 valence electrons. The number of aromatic nitrogens is 3. The summed E-state index contributed by atoms with van der Waals surface area (Å²) in [6, 6.07) is 11.9. The summed E-state index contributed by atoms with van der Waals surface area (Å²) in [6.07, 6.45) is 3.57. The van der Waals surface area contributed by atoms with Crippen LogP contribution < -0.4 is 18.9 Å². The molecule has 7 nitrogen and oxygen atoms in total. The fourth-order valence-electron chi connectivity index (χ4n) is 3.09. The lowest BCUT2D eigenvalue weighted by Gasteiger charge is -2.13. The smallest absolute Gasteiger partial charge is 0.300 e. The highest BCUT2D eigenvalue weighted by Crippen LogP contribution is 2.42. The maximum Gasteiger partial charge on any atom is 0.300 e. The van der Waals surface area contributed by atoms with Gasteiger partial charge in [-0.05, 0) is 36.8 Å². The molecule has 0 spiro atoms. The molecule has 0 bridgehead atoms. The third kappa shape index (κ3) is 3.86. The lowest BCUT2D eigenvalue weighted by molar-refractivity contribution is 0.320. The molecule has 30 heavy (non-hydrogen) atoms. The van der Waals surface area contributed by atoms with Crippen LogP contribution in [0.5, 0.6) is 29.0 Å². The average Bonchev–Trinajstić information content (AvgIpc) is 3.19. The number of fused-ring (bicyclic) bond motifs is 1. The summed E-state index contributed by atoms with van der Waals surface area (Å²) >= 11 is 1.67. The van der Waals surface area contributed by atoms with Crippen LogP contribution in [0.3, 0.4) is 0 Å². The van der Waals surface area contributed by atoms with Gasteiger partial charge in [0.2, 0.25) is 5.75 Å². The minimum atomic E-state index is 0.383.